The summed E-state index contributed by atoms with van der Waals surface area (Å²) in [4.78, 5) is 14.7. The Kier molecular flexibility index (Phi) is 4.33. The molecule has 0 radical (unpaired) electrons. The molecule has 0 fully saturated rings. The van der Waals surface area contributed by atoms with Crippen LogP contribution in [0.15, 0.2) is 48.5 Å². The van der Waals surface area contributed by atoms with Crippen LogP contribution in [0.25, 0.3) is 11.6 Å². The molecule has 2 aromatic carbocycles. The maximum atomic E-state index is 12.8. The Morgan fingerprint density at radius 3 is 2.39 bits per heavy atom. The van der Waals surface area contributed by atoms with E-state index < -0.39 is 0 Å². The Hall–Kier alpha value is -2.35. The van der Waals surface area contributed by atoms with Crippen molar-refractivity contribution in [2.75, 3.05) is 11.4 Å². The smallest absolute Gasteiger partial charge is 0.258 e. The SMILES string of the molecule is CCCN1C(=O)/C(=C\c2ccc(C(C)C)cc2)c2ccccc21. The number of anilines is 1. The van der Waals surface area contributed by atoms with E-state index in [0.29, 0.717) is 5.92 Å². The van der Waals surface area contributed by atoms with Gasteiger partial charge in [0, 0.05) is 17.7 Å². The molecule has 23 heavy (non-hydrogen) atoms. The first-order valence-corrected chi connectivity index (χ1v) is 8.34. The van der Waals surface area contributed by atoms with Gasteiger partial charge in [0.25, 0.3) is 5.91 Å². The molecule has 0 N–H and O–H groups in total. The molecule has 1 aliphatic rings. The van der Waals surface area contributed by atoms with Crippen molar-refractivity contribution in [3.05, 3.63) is 65.2 Å². The molecule has 2 heteroatoms. The lowest BCUT2D eigenvalue weighted by Gasteiger charge is -2.15. The van der Waals surface area contributed by atoms with Gasteiger partial charge in [-0.05, 0) is 35.6 Å². The number of benzene rings is 2. The first-order valence-electron chi connectivity index (χ1n) is 8.34. The summed E-state index contributed by atoms with van der Waals surface area (Å²) in [6.07, 6.45) is 2.97. The van der Waals surface area contributed by atoms with E-state index >= 15 is 0 Å². The van der Waals surface area contributed by atoms with Gasteiger partial charge in [0.1, 0.15) is 0 Å². The maximum Gasteiger partial charge on any atom is 0.258 e. The van der Waals surface area contributed by atoms with E-state index in [1.54, 1.807) is 0 Å². The van der Waals surface area contributed by atoms with Crippen molar-refractivity contribution < 1.29 is 4.79 Å². The predicted molar refractivity (Wildman–Crippen MR) is 97.5 cm³/mol. The van der Waals surface area contributed by atoms with Crippen LogP contribution >= 0.6 is 0 Å². The largest absolute Gasteiger partial charge is 0.308 e. The molecule has 0 saturated carbocycles. The van der Waals surface area contributed by atoms with E-state index in [9.17, 15) is 4.79 Å². The van der Waals surface area contributed by atoms with Gasteiger partial charge in [0.2, 0.25) is 0 Å². The van der Waals surface area contributed by atoms with Crippen LogP contribution in [0.3, 0.4) is 0 Å². The van der Waals surface area contributed by atoms with Crippen molar-refractivity contribution in [3.63, 3.8) is 0 Å². The van der Waals surface area contributed by atoms with Crippen LogP contribution < -0.4 is 4.90 Å². The lowest BCUT2D eigenvalue weighted by Crippen LogP contribution is -2.26. The Morgan fingerprint density at radius 2 is 1.74 bits per heavy atom. The van der Waals surface area contributed by atoms with Gasteiger partial charge in [0.05, 0.1) is 5.69 Å². The molecule has 0 bridgehead atoms. The molecule has 0 aliphatic carbocycles. The lowest BCUT2D eigenvalue weighted by molar-refractivity contribution is -0.113. The molecule has 0 spiro atoms. The van der Waals surface area contributed by atoms with Gasteiger partial charge in [-0.15, -0.1) is 0 Å². The van der Waals surface area contributed by atoms with Crippen LogP contribution in [0.4, 0.5) is 5.69 Å². The summed E-state index contributed by atoms with van der Waals surface area (Å²) in [7, 11) is 0. The highest BCUT2D eigenvalue weighted by atomic mass is 16.2. The zero-order valence-corrected chi connectivity index (χ0v) is 14.0. The minimum atomic E-state index is 0.112. The minimum Gasteiger partial charge on any atom is -0.308 e. The molecule has 2 nitrogen and oxygen atoms in total. The zero-order valence-electron chi connectivity index (χ0n) is 14.0. The quantitative estimate of drug-likeness (QED) is 0.719. The summed E-state index contributed by atoms with van der Waals surface area (Å²) in [5, 5.41) is 0. The highest BCUT2D eigenvalue weighted by Crippen LogP contribution is 2.37. The number of hydrogen-bond donors (Lipinski definition) is 0. The number of rotatable bonds is 4. The fraction of sp³-hybridized carbons (Fsp3) is 0.286. The topological polar surface area (TPSA) is 20.3 Å². The average molecular weight is 305 g/mol. The molecular weight excluding hydrogens is 282 g/mol. The van der Waals surface area contributed by atoms with E-state index in [-0.39, 0.29) is 5.91 Å². The summed E-state index contributed by atoms with van der Waals surface area (Å²) >= 11 is 0. The Bertz CT molecular complexity index is 741. The Labute approximate surface area is 138 Å². The molecule has 0 saturated heterocycles. The second kappa shape index (κ2) is 6.41. The molecular formula is C21H23NO. The minimum absolute atomic E-state index is 0.112. The molecule has 0 unspecified atom stereocenters. The van der Waals surface area contributed by atoms with Gasteiger partial charge in [-0.2, -0.15) is 0 Å². The van der Waals surface area contributed by atoms with Gasteiger partial charge in [-0.1, -0.05) is 63.2 Å². The van der Waals surface area contributed by atoms with Crippen molar-refractivity contribution in [2.24, 2.45) is 0 Å². The third-order valence-corrected chi connectivity index (χ3v) is 4.32. The zero-order chi connectivity index (χ0) is 16.4. The molecule has 118 valence electrons. The third kappa shape index (κ3) is 2.94. The van der Waals surface area contributed by atoms with Crippen molar-refractivity contribution in [1.82, 2.24) is 0 Å². The molecule has 3 rings (SSSR count). The first-order chi connectivity index (χ1) is 11.1. The standard InChI is InChI=1S/C21H23NO/c1-4-13-22-20-8-6-5-7-18(20)19(21(22)23)14-16-9-11-17(12-10-16)15(2)3/h5-12,14-15H,4,13H2,1-3H3/b19-14-. The number of nitrogens with zero attached hydrogens (tertiary/aromatic N) is 1. The number of fused-ring (bicyclic) bond motifs is 1. The normalized spacial score (nSPS) is 15.6. The summed E-state index contributed by atoms with van der Waals surface area (Å²) < 4.78 is 0. The summed E-state index contributed by atoms with van der Waals surface area (Å²) in [6, 6.07) is 16.6. The summed E-state index contributed by atoms with van der Waals surface area (Å²) in [5.74, 6) is 0.631. The van der Waals surface area contributed by atoms with Crippen LogP contribution in [0.1, 0.15) is 49.8 Å². The molecule has 1 amide bonds. The number of carbonyl (C=O) groups is 1. The number of amides is 1. The van der Waals surface area contributed by atoms with Gasteiger partial charge in [0.15, 0.2) is 0 Å². The van der Waals surface area contributed by atoms with E-state index in [1.807, 2.05) is 35.2 Å². The van der Waals surface area contributed by atoms with Gasteiger partial charge >= 0.3 is 0 Å². The average Bonchev–Trinajstić information content (AvgIpc) is 2.82. The fourth-order valence-electron chi connectivity index (χ4n) is 3.04. The summed E-state index contributed by atoms with van der Waals surface area (Å²) in [5.41, 5.74) is 5.26. The summed E-state index contributed by atoms with van der Waals surface area (Å²) in [6.45, 7) is 7.24. The van der Waals surface area contributed by atoms with Gasteiger partial charge in [-0.3, -0.25) is 4.79 Å². The van der Waals surface area contributed by atoms with Crippen molar-refractivity contribution >= 4 is 23.2 Å². The van der Waals surface area contributed by atoms with Crippen molar-refractivity contribution in [2.45, 2.75) is 33.1 Å². The Balaban J connectivity index is 2.00. The van der Waals surface area contributed by atoms with Crippen LogP contribution in [0.5, 0.6) is 0 Å². The van der Waals surface area contributed by atoms with Crippen LogP contribution in [-0.4, -0.2) is 12.5 Å². The van der Waals surface area contributed by atoms with E-state index in [0.717, 1.165) is 35.4 Å². The monoisotopic (exact) mass is 305 g/mol. The molecule has 1 aliphatic heterocycles. The molecule has 2 aromatic rings. The van der Waals surface area contributed by atoms with Gasteiger partial charge in [-0.25, -0.2) is 0 Å². The third-order valence-electron chi connectivity index (χ3n) is 4.32. The number of carbonyl (C=O) groups excluding carboxylic acids is 1. The predicted octanol–water partition coefficient (Wildman–Crippen LogP) is 5.11. The van der Waals surface area contributed by atoms with Crippen LogP contribution in [-0.2, 0) is 4.79 Å². The van der Waals surface area contributed by atoms with Gasteiger partial charge < -0.3 is 4.90 Å². The van der Waals surface area contributed by atoms with E-state index in [2.05, 4.69) is 45.0 Å². The second-order valence-electron chi connectivity index (χ2n) is 6.35. The molecule has 0 atom stereocenters. The fourth-order valence-corrected chi connectivity index (χ4v) is 3.04. The Morgan fingerprint density at radius 1 is 1.04 bits per heavy atom. The van der Waals surface area contributed by atoms with Crippen molar-refractivity contribution in [3.8, 4) is 0 Å². The maximum absolute atomic E-state index is 12.8. The molecule has 0 aromatic heterocycles. The second-order valence-corrected chi connectivity index (χ2v) is 6.35. The molecule has 1 heterocycles. The van der Waals surface area contributed by atoms with Crippen LogP contribution in [0.2, 0.25) is 0 Å². The first kappa shape index (κ1) is 15.5. The number of para-hydroxylation sites is 1. The van der Waals surface area contributed by atoms with E-state index in [4.69, 9.17) is 0 Å². The highest BCUT2D eigenvalue weighted by molar-refractivity contribution is 6.35. The number of hydrogen-bond acceptors (Lipinski definition) is 1. The lowest BCUT2D eigenvalue weighted by atomic mass is 9.99. The van der Waals surface area contributed by atoms with Crippen molar-refractivity contribution in [1.29, 1.82) is 0 Å². The van der Waals surface area contributed by atoms with E-state index in [1.165, 1.54) is 5.56 Å². The highest BCUT2D eigenvalue weighted by Gasteiger charge is 2.31. The van der Waals surface area contributed by atoms with Crippen LogP contribution in [0, 0.1) is 0 Å².